The summed E-state index contributed by atoms with van der Waals surface area (Å²) in [5.74, 6) is 0. The highest BCUT2D eigenvalue weighted by Crippen LogP contribution is 2.24. The normalized spacial score (nSPS) is 11.6. The second-order valence-corrected chi connectivity index (χ2v) is 6.31. The average Bonchev–Trinajstić information content (AvgIpc) is 2.70. The summed E-state index contributed by atoms with van der Waals surface area (Å²) >= 11 is 0. The van der Waals surface area contributed by atoms with Gasteiger partial charge in [-0.25, -0.2) is 8.42 Å². The number of sulfonamides is 1. The number of nitrogens with one attached hydrogen (secondary N) is 2. The van der Waals surface area contributed by atoms with Gasteiger partial charge >= 0.3 is 0 Å². The molecule has 0 unspecified atom stereocenters. The van der Waals surface area contributed by atoms with Crippen molar-refractivity contribution in [1.29, 1.82) is 0 Å². The van der Waals surface area contributed by atoms with Gasteiger partial charge in [0.05, 0.1) is 22.0 Å². The molecule has 0 aliphatic carbocycles. The molecule has 1 aromatic carbocycles. The first kappa shape index (κ1) is 14.5. The minimum absolute atomic E-state index is 0.237. The average molecular weight is 294 g/mol. The maximum atomic E-state index is 12.5. The summed E-state index contributed by atoms with van der Waals surface area (Å²) in [6.07, 6.45) is 0. The van der Waals surface area contributed by atoms with E-state index in [1.54, 1.807) is 32.9 Å². The molecule has 0 aliphatic rings. The zero-order valence-electron chi connectivity index (χ0n) is 11.7. The Morgan fingerprint density at radius 2 is 2.00 bits per heavy atom. The highest BCUT2D eigenvalue weighted by molar-refractivity contribution is 7.92. The van der Waals surface area contributed by atoms with Gasteiger partial charge < -0.3 is 5.73 Å². The van der Waals surface area contributed by atoms with Crippen molar-refractivity contribution in [2.75, 3.05) is 4.72 Å². The van der Waals surface area contributed by atoms with Crippen molar-refractivity contribution in [3.8, 4) is 0 Å². The highest BCUT2D eigenvalue weighted by Gasteiger charge is 2.20. The lowest BCUT2D eigenvalue weighted by Gasteiger charge is -2.12. The Kier molecular flexibility index (Phi) is 3.82. The van der Waals surface area contributed by atoms with Crippen LogP contribution in [0.1, 0.15) is 22.5 Å². The van der Waals surface area contributed by atoms with Crippen molar-refractivity contribution in [1.82, 2.24) is 10.2 Å². The first-order chi connectivity index (χ1) is 9.36. The van der Waals surface area contributed by atoms with Gasteiger partial charge in [-0.2, -0.15) is 5.10 Å². The highest BCUT2D eigenvalue weighted by atomic mass is 32.2. The van der Waals surface area contributed by atoms with Crippen LogP contribution in [0.25, 0.3) is 0 Å². The van der Waals surface area contributed by atoms with Crippen LogP contribution < -0.4 is 10.5 Å². The molecule has 4 N–H and O–H groups in total. The number of rotatable bonds is 4. The Morgan fingerprint density at radius 3 is 2.55 bits per heavy atom. The first-order valence-electron chi connectivity index (χ1n) is 6.19. The second-order valence-electron chi connectivity index (χ2n) is 4.66. The van der Waals surface area contributed by atoms with Gasteiger partial charge in [0, 0.05) is 6.54 Å². The smallest absolute Gasteiger partial charge is 0.262 e. The zero-order valence-corrected chi connectivity index (χ0v) is 12.5. The third-order valence-electron chi connectivity index (χ3n) is 3.27. The van der Waals surface area contributed by atoms with Gasteiger partial charge in [-0.15, -0.1) is 0 Å². The summed E-state index contributed by atoms with van der Waals surface area (Å²) in [5.41, 5.74) is 8.88. The van der Waals surface area contributed by atoms with Gasteiger partial charge in [-0.1, -0.05) is 12.1 Å². The first-order valence-corrected chi connectivity index (χ1v) is 7.68. The maximum Gasteiger partial charge on any atom is 0.262 e. The van der Waals surface area contributed by atoms with Crippen LogP contribution in [-0.4, -0.2) is 18.6 Å². The molecule has 0 spiro atoms. The molecule has 2 aromatic rings. The minimum atomic E-state index is -3.66. The molecule has 0 saturated heterocycles. The molecule has 7 heteroatoms. The molecule has 1 aromatic heterocycles. The van der Waals surface area contributed by atoms with Gasteiger partial charge in [0.25, 0.3) is 10.0 Å². The van der Waals surface area contributed by atoms with E-state index in [1.807, 2.05) is 6.07 Å². The van der Waals surface area contributed by atoms with Crippen LogP contribution in [0.3, 0.4) is 0 Å². The lowest BCUT2D eigenvalue weighted by Crippen LogP contribution is -2.16. The molecule has 108 valence electrons. The van der Waals surface area contributed by atoms with Gasteiger partial charge in [-0.05, 0) is 38.0 Å². The fourth-order valence-electron chi connectivity index (χ4n) is 2.06. The number of hydrogen-bond acceptors (Lipinski definition) is 4. The molecule has 0 saturated carbocycles. The fraction of sp³-hybridized carbons (Fsp3) is 0.308. The van der Waals surface area contributed by atoms with E-state index in [1.165, 1.54) is 0 Å². The van der Waals surface area contributed by atoms with Gasteiger partial charge in [0.2, 0.25) is 0 Å². The lowest BCUT2D eigenvalue weighted by atomic mass is 10.1. The van der Waals surface area contributed by atoms with Crippen LogP contribution in [0.4, 0.5) is 5.69 Å². The molecule has 0 amide bonds. The molecule has 0 bridgehead atoms. The van der Waals surface area contributed by atoms with E-state index in [0.717, 1.165) is 5.56 Å². The van der Waals surface area contributed by atoms with Crippen molar-refractivity contribution in [2.24, 2.45) is 5.73 Å². The molecule has 2 rings (SSSR count). The van der Waals surface area contributed by atoms with Gasteiger partial charge in [-0.3, -0.25) is 9.82 Å². The van der Waals surface area contributed by atoms with Crippen molar-refractivity contribution < 1.29 is 8.42 Å². The Bertz CT molecular complexity index is 715. The summed E-state index contributed by atoms with van der Waals surface area (Å²) in [7, 11) is -3.66. The van der Waals surface area contributed by atoms with E-state index >= 15 is 0 Å². The quantitative estimate of drug-likeness (QED) is 0.797. The number of aromatic amines is 1. The predicted octanol–water partition coefficient (Wildman–Crippen LogP) is 1.59. The molecule has 1 heterocycles. The third-order valence-corrected chi connectivity index (χ3v) is 4.76. The van der Waals surface area contributed by atoms with Crippen LogP contribution >= 0.6 is 0 Å². The molecule has 20 heavy (non-hydrogen) atoms. The molecular formula is C13H18N4O2S. The van der Waals surface area contributed by atoms with Crippen LogP contribution in [0, 0.1) is 20.8 Å². The number of aryl methyl sites for hydroxylation is 2. The van der Waals surface area contributed by atoms with Crippen molar-refractivity contribution in [3.63, 3.8) is 0 Å². The standard InChI is InChI=1S/C13H18N4O2S/c1-8-11(7-14)5-4-6-12(8)20(18,19)17-13-9(2)15-16-10(13)3/h4-6,17H,7,14H2,1-3H3,(H,15,16). The molecule has 0 radical (unpaired) electrons. The Balaban J connectivity index is 2.47. The van der Waals surface area contributed by atoms with Crippen molar-refractivity contribution >= 4 is 15.7 Å². The van der Waals surface area contributed by atoms with Crippen molar-refractivity contribution in [2.45, 2.75) is 32.2 Å². The molecule has 0 fully saturated rings. The number of H-pyrrole nitrogens is 1. The molecule has 0 atom stereocenters. The SMILES string of the molecule is Cc1n[nH]c(C)c1NS(=O)(=O)c1cccc(CN)c1C. The molecule has 0 aliphatic heterocycles. The van der Waals surface area contributed by atoms with E-state index < -0.39 is 10.0 Å². The van der Waals surface area contributed by atoms with E-state index in [-0.39, 0.29) is 4.90 Å². The number of anilines is 1. The second kappa shape index (κ2) is 5.26. The number of aromatic nitrogens is 2. The number of benzene rings is 1. The number of hydrogen-bond donors (Lipinski definition) is 3. The summed E-state index contributed by atoms with van der Waals surface area (Å²) in [5, 5.41) is 6.73. The predicted molar refractivity (Wildman–Crippen MR) is 77.9 cm³/mol. The third kappa shape index (κ3) is 2.54. The van der Waals surface area contributed by atoms with Gasteiger partial charge in [0.1, 0.15) is 0 Å². The fourth-order valence-corrected chi connectivity index (χ4v) is 3.53. The largest absolute Gasteiger partial charge is 0.326 e. The maximum absolute atomic E-state index is 12.5. The number of nitrogens with zero attached hydrogens (tertiary/aromatic N) is 1. The van der Waals surface area contributed by atoms with E-state index in [4.69, 9.17) is 5.73 Å². The van der Waals surface area contributed by atoms with E-state index in [0.29, 0.717) is 29.2 Å². The minimum Gasteiger partial charge on any atom is -0.326 e. The zero-order chi connectivity index (χ0) is 14.9. The summed E-state index contributed by atoms with van der Waals surface area (Å²) in [6, 6.07) is 5.09. The Morgan fingerprint density at radius 1 is 1.30 bits per heavy atom. The van der Waals surface area contributed by atoms with Crippen LogP contribution in [-0.2, 0) is 16.6 Å². The molecule has 6 nitrogen and oxygen atoms in total. The van der Waals surface area contributed by atoms with Crippen LogP contribution in [0.2, 0.25) is 0 Å². The monoisotopic (exact) mass is 294 g/mol. The van der Waals surface area contributed by atoms with Crippen LogP contribution in [0.15, 0.2) is 23.1 Å². The summed E-state index contributed by atoms with van der Waals surface area (Å²) < 4.78 is 27.6. The lowest BCUT2D eigenvalue weighted by molar-refractivity contribution is 0.600. The Hall–Kier alpha value is -1.86. The number of nitrogens with two attached hydrogens (primary N) is 1. The topological polar surface area (TPSA) is 101 Å². The van der Waals surface area contributed by atoms with E-state index in [2.05, 4.69) is 14.9 Å². The van der Waals surface area contributed by atoms with E-state index in [9.17, 15) is 8.42 Å². The van der Waals surface area contributed by atoms with Crippen molar-refractivity contribution in [3.05, 3.63) is 40.7 Å². The molecular weight excluding hydrogens is 276 g/mol. The summed E-state index contributed by atoms with van der Waals surface area (Å²) in [4.78, 5) is 0.237. The van der Waals surface area contributed by atoms with Gasteiger partial charge in [0.15, 0.2) is 0 Å². The van der Waals surface area contributed by atoms with Crippen LogP contribution in [0.5, 0.6) is 0 Å². The Labute approximate surface area is 118 Å². The summed E-state index contributed by atoms with van der Waals surface area (Å²) in [6.45, 7) is 5.57.